The van der Waals surface area contributed by atoms with E-state index in [-0.39, 0.29) is 17.7 Å². The van der Waals surface area contributed by atoms with Gasteiger partial charge in [-0.25, -0.2) is 0 Å². The second-order valence-corrected chi connectivity index (χ2v) is 10.1. The molecule has 168 valence electrons. The van der Waals surface area contributed by atoms with E-state index in [9.17, 15) is 14.4 Å². The predicted octanol–water partition coefficient (Wildman–Crippen LogP) is 3.08. The number of rotatable bonds is 12. The fraction of sp³-hybridized carbons (Fsp3) is 0.435. The van der Waals surface area contributed by atoms with Crippen LogP contribution in [0.4, 0.5) is 0 Å². The Morgan fingerprint density at radius 2 is 1.74 bits per heavy atom. The molecule has 0 aliphatic heterocycles. The highest BCUT2D eigenvalue weighted by Crippen LogP contribution is 2.30. The quantitative estimate of drug-likeness (QED) is 0.423. The molecule has 0 aliphatic rings. The van der Waals surface area contributed by atoms with Crippen LogP contribution in [-0.2, 0) is 20.8 Å². The molecule has 0 saturated carbocycles. The molecule has 4 N–H and O–H groups in total. The van der Waals surface area contributed by atoms with Gasteiger partial charge in [0.05, 0.1) is 16.0 Å². The Balaban J connectivity index is 2.19. The molecule has 31 heavy (non-hydrogen) atoms. The molecule has 0 saturated heterocycles. The molecule has 0 radical (unpaired) electrons. The Hall–Kier alpha value is -2.32. The molecule has 2 aromatic rings. The third kappa shape index (κ3) is 8.03. The molecular formula is C23H31N3O3S2. The highest BCUT2D eigenvalue weighted by atomic mass is 32.2. The predicted molar refractivity (Wildman–Crippen MR) is 127 cm³/mol. The van der Waals surface area contributed by atoms with Crippen molar-refractivity contribution in [2.45, 2.75) is 36.9 Å². The van der Waals surface area contributed by atoms with Crippen LogP contribution in [0.2, 0.25) is 0 Å². The zero-order valence-electron chi connectivity index (χ0n) is 18.2. The minimum absolute atomic E-state index is 0.192. The van der Waals surface area contributed by atoms with E-state index in [1.165, 1.54) is 11.8 Å². The topological polar surface area (TPSA) is 101 Å². The Morgan fingerprint density at radius 3 is 2.29 bits per heavy atom. The van der Waals surface area contributed by atoms with E-state index in [1.54, 1.807) is 18.4 Å². The summed E-state index contributed by atoms with van der Waals surface area (Å²) in [5, 5.41) is 7.47. The Labute approximate surface area is 192 Å². The van der Waals surface area contributed by atoms with Gasteiger partial charge in [-0.2, -0.15) is 0 Å². The van der Waals surface area contributed by atoms with Crippen molar-refractivity contribution in [3.63, 3.8) is 0 Å². The highest BCUT2D eigenvalue weighted by molar-refractivity contribution is 8.01. The molecule has 0 aliphatic carbocycles. The lowest BCUT2D eigenvalue weighted by atomic mass is 9.84. The number of nitrogens with two attached hydrogens (primary N) is 1. The number of carbonyl (C=O) groups excluding carboxylic acids is 3. The van der Waals surface area contributed by atoms with Gasteiger partial charge in [0, 0.05) is 19.2 Å². The molecule has 6 nitrogen and oxygen atoms in total. The van der Waals surface area contributed by atoms with E-state index >= 15 is 0 Å². The van der Waals surface area contributed by atoms with Crippen molar-refractivity contribution in [3.8, 4) is 0 Å². The number of amides is 3. The second kappa shape index (κ2) is 12.5. The van der Waals surface area contributed by atoms with Crippen LogP contribution in [0.1, 0.15) is 25.8 Å². The van der Waals surface area contributed by atoms with Gasteiger partial charge in [0.2, 0.25) is 17.7 Å². The second-order valence-electron chi connectivity index (χ2n) is 7.85. The maximum absolute atomic E-state index is 13.3. The van der Waals surface area contributed by atoms with Gasteiger partial charge in [-0.05, 0) is 29.3 Å². The van der Waals surface area contributed by atoms with Gasteiger partial charge in [-0.3, -0.25) is 14.4 Å². The van der Waals surface area contributed by atoms with Crippen LogP contribution >= 0.6 is 23.1 Å². The van der Waals surface area contributed by atoms with Crippen molar-refractivity contribution < 1.29 is 14.4 Å². The van der Waals surface area contributed by atoms with Gasteiger partial charge >= 0.3 is 0 Å². The van der Waals surface area contributed by atoms with Gasteiger partial charge < -0.3 is 16.4 Å². The standard InChI is InChI=1S/C23H31N3O3S2/c1-15(2)12-17(18(21(24)27)14-31-20-10-7-11-30-20)22(28)26-19(23(29)25-3)13-16-8-5-4-6-9-16/h4-11,15,17-19H,12-14H2,1-3H3,(H2,24,27)(H,25,29)(H,26,28)/t17-,18+,19+/m1/s1. The van der Waals surface area contributed by atoms with Crippen molar-refractivity contribution in [2.75, 3.05) is 12.8 Å². The number of nitrogens with one attached hydrogen (secondary N) is 2. The summed E-state index contributed by atoms with van der Waals surface area (Å²) in [5.74, 6) is -1.70. The van der Waals surface area contributed by atoms with E-state index in [0.717, 1.165) is 9.77 Å². The number of hydrogen-bond acceptors (Lipinski definition) is 5. The summed E-state index contributed by atoms with van der Waals surface area (Å²) >= 11 is 3.11. The molecule has 3 amide bonds. The summed E-state index contributed by atoms with van der Waals surface area (Å²) in [7, 11) is 1.54. The summed E-state index contributed by atoms with van der Waals surface area (Å²) in [6.07, 6.45) is 0.877. The van der Waals surface area contributed by atoms with Crippen molar-refractivity contribution in [1.29, 1.82) is 0 Å². The van der Waals surface area contributed by atoms with Gasteiger partial charge in [-0.15, -0.1) is 23.1 Å². The smallest absolute Gasteiger partial charge is 0.242 e. The number of likely N-dealkylation sites (N-methyl/N-ethyl adjacent to an activating group) is 1. The molecule has 8 heteroatoms. The monoisotopic (exact) mass is 461 g/mol. The van der Waals surface area contributed by atoms with E-state index in [2.05, 4.69) is 10.6 Å². The lowest BCUT2D eigenvalue weighted by Crippen LogP contribution is -2.51. The fourth-order valence-electron chi connectivity index (χ4n) is 3.39. The molecule has 0 fully saturated rings. The molecule has 2 rings (SSSR count). The van der Waals surface area contributed by atoms with Crippen LogP contribution in [0, 0.1) is 17.8 Å². The Morgan fingerprint density at radius 1 is 1.03 bits per heavy atom. The van der Waals surface area contributed by atoms with Gasteiger partial charge in [-0.1, -0.05) is 50.2 Å². The normalized spacial score (nSPS) is 13.9. The summed E-state index contributed by atoms with van der Waals surface area (Å²) in [5.41, 5.74) is 6.66. The summed E-state index contributed by atoms with van der Waals surface area (Å²) in [4.78, 5) is 38.1. The van der Waals surface area contributed by atoms with Gasteiger partial charge in [0.1, 0.15) is 6.04 Å². The molecule has 1 heterocycles. The first-order valence-electron chi connectivity index (χ1n) is 10.3. The van der Waals surface area contributed by atoms with E-state index in [1.807, 2.05) is 61.7 Å². The highest BCUT2D eigenvalue weighted by Gasteiger charge is 2.35. The number of hydrogen-bond donors (Lipinski definition) is 3. The van der Waals surface area contributed by atoms with Crippen LogP contribution in [0.25, 0.3) is 0 Å². The third-order valence-corrected chi connectivity index (χ3v) is 7.23. The summed E-state index contributed by atoms with van der Waals surface area (Å²) in [6, 6.07) is 12.7. The van der Waals surface area contributed by atoms with E-state index < -0.39 is 23.8 Å². The third-order valence-electron chi connectivity index (χ3n) is 4.98. The largest absolute Gasteiger partial charge is 0.369 e. The average Bonchev–Trinajstić information content (AvgIpc) is 3.25. The van der Waals surface area contributed by atoms with Crippen LogP contribution in [-0.4, -0.2) is 36.6 Å². The number of thiophene rings is 1. The molecule has 1 aromatic carbocycles. The minimum atomic E-state index is -0.729. The van der Waals surface area contributed by atoms with E-state index in [0.29, 0.717) is 18.6 Å². The molecule has 1 aromatic heterocycles. The Bertz CT molecular complexity index is 841. The molecule has 0 bridgehead atoms. The van der Waals surface area contributed by atoms with Crippen LogP contribution in [0.3, 0.4) is 0 Å². The van der Waals surface area contributed by atoms with Crippen molar-refractivity contribution >= 4 is 40.8 Å². The van der Waals surface area contributed by atoms with Gasteiger partial charge in [0.15, 0.2) is 0 Å². The number of primary amides is 1. The maximum Gasteiger partial charge on any atom is 0.242 e. The van der Waals surface area contributed by atoms with Crippen LogP contribution in [0.15, 0.2) is 52.1 Å². The lowest BCUT2D eigenvalue weighted by molar-refractivity contribution is -0.135. The first kappa shape index (κ1) is 24.9. The van der Waals surface area contributed by atoms with E-state index in [4.69, 9.17) is 5.73 Å². The Kier molecular flexibility index (Phi) is 10.1. The van der Waals surface area contributed by atoms with Crippen LogP contribution in [0.5, 0.6) is 0 Å². The van der Waals surface area contributed by atoms with Gasteiger partial charge in [0.25, 0.3) is 0 Å². The maximum atomic E-state index is 13.3. The molecule has 0 unspecified atom stereocenters. The summed E-state index contributed by atoms with van der Waals surface area (Å²) in [6.45, 7) is 4.01. The fourth-order valence-corrected chi connectivity index (χ4v) is 5.39. The van der Waals surface area contributed by atoms with Crippen molar-refractivity contribution in [2.24, 2.45) is 23.5 Å². The van der Waals surface area contributed by atoms with Crippen molar-refractivity contribution in [3.05, 3.63) is 53.4 Å². The molecule has 3 atom stereocenters. The number of carbonyl (C=O) groups is 3. The zero-order chi connectivity index (χ0) is 22.8. The lowest BCUT2D eigenvalue weighted by Gasteiger charge is -2.27. The summed E-state index contributed by atoms with van der Waals surface area (Å²) < 4.78 is 1.07. The molecule has 0 spiro atoms. The first-order valence-corrected chi connectivity index (χ1v) is 12.2. The number of thioether (sulfide) groups is 1. The first-order chi connectivity index (χ1) is 14.8. The minimum Gasteiger partial charge on any atom is -0.369 e. The zero-order valence-corrected chi connectivity index (χ0v) is 19.8. The SMILES string of the molecule is CNC(=O)[C@H](Cc1ccccc1)NC(=O)[C@H](CC(C)C)[C@H](CSc1cccs1)C(N)=O. The average molecular weight is 462 g/mol. The number of benzene rings is 1. The molecular weight excluding hydrogens is 430 g/mol. The van der Waals surface area contributed by atoms with Crippen molar-refractivity contribution in [1.82, 2.24) is 10.6 Å². The van der Waals surface area contributed by atoms with Crippen LogP contribution < -0.4 is 16.4 Å².